The standard InChI is InChI=1S/C67H125N2O7P/c1-6-8-10-12-14-16-18-20-21-22-23-24-25-26-27-28-29-30-31-32-33-34-35-36-37-38-39-40-41-42-43-44-45-46-47-48-50-52-54-56-58-60-66(71)68-64(63-76-77(73,74)75-62-61-69(3,4)5)67(72)65(70)59-57-55-53-51-49-19-17-15-13-11-9-7-2/h7,9,15,17-18,20,22-23,25-26,51,53,64-65,67,70,72H,6,8,10-14,16,19,21,24,27-50,52,54-63H2,1-5H3,(H-,68,71,73,74)/p+1/b9-7+,17-15+,20-18-,23-22-,26-25-,53-51+. The summed E-state index contributed by atoms with van der Waals surface area (Å²) < 4.78 is 23.6. The Kier molecular flexibility index (Phi) is 55.6. The molecule has 0 aromatic carbocycles. The number of carbonyl (C=O) groups is 1. The number of hydrogen-bond acceptors (Lipinski definition) is 6. The lowest BCUT2D eigenvalue weighted by Gasteiger charge is -2.28. The first-order valence-electron chi connectivity index (χ1n) is 32.4. The highest BCUT2D eigenvalue weighted by molar-refractivity contribution is 7.47. The minimum absolute atomic E-state index is 0.0117. The molecule has 0 aromatic rings. The molecular formula is C67H126N2O7P+. The second-order valence-electron chi connectivity index (χ2n) is 23.3. The molecule has 0 aliphatic rings. The zero-order valence-electron chi connectivity index (χ0n) is 51.1. The van der Waals surface area contributed by atoms with Gasteiger partial charge in [-0.3, -0.25) is 13.8 Å². The van der Waals surface area contributed by atoms with Gasteiger partial charge in [-0.15, -0.1) is 0 Å². The van der Waals surface area contributed by atoms with Crippen molar-refractivity contribution >= 4 is 13.7 Å². The molecule has 1 amide bonds. The molecule has 77 heavy (non-hydrogen) atoms. The van der Waals surface area contributed by atoms with Crippen molar-refractivity contribution in [2.45, 2.75) is 308 Å². The minimum atomic E-state index is -4.44. The van der Waals surface area contributed by atoms with E-state index in [0.29, 0.717) is 23.9 Å². The predicted octanol–water partition coefficient (Wildman–Crippen LogP) is 19.2. The van der Waals surface area contributed by atoms with E-state index in [-0.39, 0.29) is 18.9 Å². The Labute approximate surface area is 477 Å². The van der Waals surface area contributed by atoms with Crippen molar-refractivity contribution in [1.29, 1.82) is 0 Å². The first-order chi connectivity index (χ1) is 37.4. The van der Waals surface area contributed by atoms with Gasteiger partial charge in [0.1, 0.15) is 19.3 Å². The van der Waals surface area contributed by atoms with Crippen LogP contribution in [0.4, 0.5) is 0 Å². The number of phosphoric ester groups is 1. The molecule has 0 heterocycles. The Morgan fingerprint density at radius 2 is 0.831 bits per heavy atom. The molecule has 0 spiro atoms. The van der Waals surface area contributed by atoms with E-state index in [4.69, 9.17) is 9.05 Å². The highest BCUT2D eigenvalue weighted by Crippen LogP contribution is 2.43. The van der Waals surface area contributed by atoms with E-state index in [0.717, 1.165) is 64.2 Å². The monoisotopic (exact) mass is 1100 g/mol. The summed E-state index contributed by atoms with van der Waals surface area (Å²) in [6, 6.07) is -1.06. The highest BCUT2D eigenvalue weighted by Gasteiger charge is 2.32. The van der Waals surface area contributed by atoms with Gasteiger partial charge in [0.2, 0.25) is 5.91 Å². The molecule has 0 saturated carbocycles. The largest absolute Gasteiger partial charge is 0.472 e. The normalized spacial score (nSPS) is 14.6. The Morgan fingerprint density at radius 3 is 1.25 bits per heavy atom. The molecular weight excluding hydrogens is 976 g/mol. The molecule has 10 heteroatoms. The number of aliphatic hydroxyl groups is 2. The maximum Gasteiger partial charge on any atom is 0.472 e. The zero-order valence-corrected chi connectivity index (χ0v) is 52.0. The second-order valence-corrected chi connectivity index (χ2v) is 24.7. The zero-order chi connectivity index (χ0) is 56.4. The van der Waals surface area contributed by atoms with Crippen LogP contribution in [-0.4, -0.2) is 84.6 Å². The first-order valence-corrected chi connectivity index (χ1v) is 33.8. The van der Waals surface area contributed by atoms with Gasteiger partial charge in [-0.1, -0.05) is 260 Å². The molecule has 0 rings (SSSR count). The third-order valence-corrected chi connectivity index (χ3v) is 15.6. The van der Waals surface area contributed by atoms with E-state index in [2.05, 4.69) is 85.2 Å². The van der Waals surface area contributed by atoms with Gasteiger partial charge in [-0.25, -0.2) is 4.57 Å². The quantitative estimate of drug-likeness (QED) is 0.0207. The van der Waals surface area contributed by atoms with Crippen LogP contribution in [-0.2, 0) is 18.4 Å². The molecule has 0 saturated heterocycles. The number of aliphatic hydroxyl groups excluding tert-OH is 2. The van der Waals surface area contributed by atoms with Gasteiger partial charge in [0.25, 0.3) is 0 Å². The van der Waals surface area contributed by atoms with Gasteiger partial charge in [-0.05, 0) is 96.8 Å². The van der Waals surface area contributed by atoms with Crippen molar-refractivity contribution in [2.24, 2.45) is 0 Å². The molecule has 4 unspecified atom stereocenters. The van der Waals surface area contributed by atoms with Crippen molar-refractivity contribution in [3.63, 3.8) is 0 Å². The molecule has 4 N–H and O–H groups in total. The topological polar surface area (TPSA) is 125 Å². The van der Waals surface area contributed by atoms with E-state index in [1.807, 2.05) is 28.1 Å². The van der Waals surface area contributed by atoms with Crippen LogP contribution in [0.25, 0.3) is 0 Å². The summed E-state index contributed by atoms with van der Waals surface area (Å²) in [5, 5.41) is 24.8. The number of hydrogen-bond donors (Lipinski definition) is 4. The number of amides is 1. The molecule has 0 radical (unpaired) electrons. The number of nitrogens with zero attached hydrogens (tertiary/aromatic N) is 1. The minimum Gasteiger partial charge on any atom is -0.390 e. The van der Waals surface area contributed by atoms with Gasteiger partial charge in [0, 0.05) is 6.42 Å². The first kappa shape index (κ1) is 74.9. The number of carbonyl (C=O) groups excluding carboxylic acids is 1. The lowest BCUT2D eigenvalue weighted by Crippen LogP contribution is -2.51. The van der Waals surface area contributed by atoms with E-state index < -0.39 is 32.7 Å². The lowest BCUT2D eigenvalue weighted by molar-refractivity contribution is -0.870. The fourth-order valence-corrected chi connectivity index (χ4v) is 10.2. The Hall–Kier alpha value is -2.10. The van der Waals surface area contributed by atoms with Crippen molar-refractivity contribution in [2.75, 3.05) is 40.9 Å². The van der Waals surface area contributed by atoms with E-state index >= 15 is 0 Å². The summed E-state index contributed by atoms with van der Waals surface area (Å²) in [7, 11) is 1.41. The summed E-state index contributed by atoms with van der Waals surface area (Å²) in [6.45, 7) is 4.36. The summed E-state index contributed by atoms with van der Waals surface area (Å²) in [4.78, 5) is 23.3. The lowest BCUT2D eigenvalue weighted by atomic mass is 10.0. The summed E-state index contributed by atoms with van der Waals surface area (Å²) >= 11 is 0. The third-order valence-electron chi connectivity index (χ3n) is 14.6. The second kappa shape index (κ2) is 57.1. The SMILES string of the molecule is C/C=C/CC/C=C/CC/C=C/CCCC(O)C(O)C(COP(=O)(O)OCC[N+](C)(C)C)NC(=O)CCCCCCCCCCCCCCCCCCCCCCCCCCCC/C=C\C/C=C\C/C=C\CCCCCCC. The van der Waals surface area contributed by atoms with Gasteiger partial charge in [0.05, 0.1) is 39.9 Å². The number of rotatable bonds is 59. The van der Waals surface area contributed by atoms with Crippen LogP contribution in [0, 0.1) is 0 Å². The number of phosphoric acid groups is 1. The predicted molar refractivity (Wildman–Crippen MR) is 333 cm³/mol. The number of likely N-dealkylation sites (N-methyl/N-ethyl adjacent to an activating group) is 1. The molecule has 0 bridgehead atoms. The average molecular weight is 1100 g/mol. The van der Waals surface area contributed by atoms with Crippen molar-refractivity contribution in [1.82, 2.24) is 5.32 Å². The molecule has 0 aliphatic heterocycles. The molecule has 0 fully saturated rings. The highest BCUT2D eigenvalue weighted by atomic mass is 31.2. The smallest absolute Gasteiger partial charge is 0.390 e. The molecule has 4 atom stereocenters. The Balaban J connectivity index is 3.91. The molecule has 450 valence electrons. The van der Waals surface area contributed by atoms with Crippen LogP contribution in [0.2, 0.25) is 0 Å². The number of unbranched alkanes of at least 4 members (excludes halogenated alkanes) is 34. The Morgan fingerprint density at radius 1 is 0.481 bits per heavy atom. The number of nitrogens with one attached hydrogen (secondary N) is 1. The van der Waals surface area contributed by atoms with E-state index in [9.17, 15) is 24.5 Å². The summed E-state index contributed by atoms with van der Waals surface area (Å²) in [5.41, 5.74) is 0. The van der Waals surface area contributed by atoms with Crippen molar-refractivity contribution in [3.8, 4) is 0 Å². The fraction of sp³-hybridized carbons (Fsp3) is 0.806. The number of allylic oxidation sites excluding steroid dienone is 12. The van der Waals surface area contributed by atoms with Crippen LogP contribution in [0.5, 0.6) is 0 Å². The van der Waals surface area contributed by atoms with Gasteiger partial charge in [-0.2, -0.15) is 0 Å². The van der Waals surface area contributed by atoms with Gasteiger partial charge >= 0.3 is 7.82 Å². The Bertz CT molecular complexity index is 1500. The maximum atomic E-state index is 13.0. The summed E-state index contributed by atoms with van der Waals surface area (Å²) in [5.74, 6) is -0.272. The molecule has 0 aromatic heterocycles. The van der Waals surface area contributed by atoms with Crippen LogP contribution in [0.15, 0.2) is 72.9 Å². The van der Waals surface area contributed by atoms with Crippen molar-refractivity contribution < 1.29 is 38.0 Å². The number of quaternary nitrogens is 1. The van der Waals surface area contributed by atoms with Crippen LogP contribution >= 0.6 is 7.82 Å². The van der Waals surface area contributed by atoms with Crippen LogP contribution in [0.3, 0.4) is 0 Å². The van der Waals surface area contributed by atoms with Gasteiger partial charge in [0.15, 0.2) is 0 Å². The van der Waals surface area contributed by atoms with Crippen LogP contribution < -0.4 is 5.32 Å². The van der Waals surface area contributed by atoms with Crippen LogP contribution in [0.1, 0.15) is 290 Å². The fourth-order valence-electron chi connectivity index (χ4n) is 9.49. The average Bonchev–Trinajstić information content (AvgIpc) is 3.39. The van der Waals surface area contributed by atoms with Crippen molar-refractivity contribution in [3.05, 3.63) is 72.9 Å². The summed E-state index contributed by atoms with van der Waals surface area (Å²) in [6.07, 6.45) is 76.3. The third kappa shape index (κ3) is 58.4. The molecule has 9 nitrogen and oxygen atoms in total. The molecule has 0 aliphatic carbocycles. The van der Waals surface area contributed by atoms with Gasteiger partial charge < -0.3 is 24.9 Å². The van der Waals surface area contributed by atoms with E-state index in [1.165, 1.54) is 193 Å². The van der Waals surface area contributed by atoms with E-state index in [1.54, 1.807) is 0 Å². The maximum absolute atomic E-state index is 13.0.